The van der Waals surface area contributed by atoms with Gasteiger partial charge in [0.1, 0.15) is 5.75 Å². The summed E-state index contributed by atoms with van der Waals surface area (Å²) >= 11 is 3.41. The number of rotatable bonds is 5. The van der Waals surface area contributed by atoms with Crippen LogP contribution in [0.4, 0.5) is 0 Å². The molecule has 0 saturated heterocycles. The second-order valence-corrected chi connectivity index (χ2v) is 4.07. The number of hydrogen-bond donors (Lipinski definition) is 1. The fourth-order valence-electron chi connectivity index (χ4n) is 1.16. The highest BCUT2D eigenvalue weighted by molar-refractivity contribution is 9.10. The highest BCUT2D eigenvalue weighted by Gasteiger charge is 2.02. The standard InChI is InChI=1S/C11H16BrNO/c1-2-3-6-14-11-7-10(12)5-4-9(11)8-13/h4-5,7H,2-3,6,8,13H2,1H3. The topological polar surface area (TPSA) is 35.2 Å². The molecule has 0 radical (unpaired) electrons. The molecule has 0 unspecified atom stereocenters. The summed E-state index contributed by atoms with van der Waals surface area (Å²) in [6.45, 7) is 3.43. The Kier molecular flexibility index (Phi) is 4.98. The summed E-state index contributed by atoms with van der Waals surface area (Å²) in [5.41, 5.74) is 6.67. The molecule has 0 aliphatic carbocycles. The van der Waals surface area contributed by atoms with E-state index < -0.39 is 0 Å². The molecule has 0 heterocycles. The molecular formula is C11H16BrNO. The lowest BCUT2D eigenvalue weighted by Gasteiger charge is -2.10. The monoisotopic (exact) mass is 257 g/mol. The van der Waals surface area contributed by atoms with Crippen molar-refractivity contribution in [3.63, 3.8) is 0 Å². The number of benzene rings is 1. The Morgan fingerprint density at radius 3 is 2.86 bits per heavy atom. The molecule has 0 saturated carbocycles. The minimum atomic E-state index is 0.523. The predicted molar refractivity (Wildman–Crippen MR) is 62.4 cm³/mol. The van der Waals surface area contributed by atoms with Gasteiger partial charge in [-0.1, -0.05) is 35.3 Å². The SMILES string of the molecule is CCCCOc1cc(Br)ccc1CN. The van der Waals surface area contributed by atoms with Crippen LogP contribution in [0.1, 0.15) is 25.3 Å². The van der Waals surface area contributed by atoms with Crippen molar-refractivity contribution in [2.45, 2.75) is 26.3 Å². The summed E-state index contributed by atoms with van der Waals surface area (Å²) in [6, 6.07) is 5.94. The van der Waals surface area contributed by atoms with Crippen molar-refractivity contribution in [2.75, 3.05) is 6.61 Å². The average Bonchev–Trinajstić information content (AvgIpc) is 2.19. The van der Waals surface area contributed by atoms with E-state index in [1.165, 1.54) is 0 Å². The van der Waals surface area contributed by atoms with Gasteiger partial charge in [-0.05, 0) is 18.6 Å². The number of halogens is 1. The van der Waals surface area contributed by atoms with Crippen LogP contribution in [0.3, 0.4) is 0 Å². The molecule has 0 aliphatic heterocycles. The zero-order valence-electron chi connectivity index (χ0n) is 8.42. The first-order valence-corrected chi connectivity index (χ1v) is 5.68. The Morgan fingerprint density at radius 1 is 1.43 bits per heavy atom. The molecule has 0 aromatic heterocycles. The van der Waals surface area contributed by atoms with Crippen LogP contribution in [0.5, 0.6) is 5.75 Å². The number of nitrogens with two attached hydrogens (primary N) is 1. The van der Waals surface area contributed by atoms with Crippen molar-refractivity contribution in [1.29, 1.82) is 0 Å². The first-order chi connectivity index (χ1) is 6.77. The quantitative estimate of drug-likeness (QED) is 0.824. The molecular weight excluding hydrogens is 242 g/mol. The predicted octanol–water partition coefficient (Wildman–Crippen LogP) is 3.09. The lowest BCUT2D eigenvalue weighted by molar-refractivity contribution is 0.306. The number of ether oxygens (including phenoxy) is 1. The van der Waals surface area contributed by atoms with E-state index in [9.17, 15) is 0 Å². The van der Waals surface area contributed by atoms with Gasteiger partial charge in [0, 0.05) is 16.6 Å². The van der Waals surface area contributed by atoms with Crippen LogP contribution in [0.2, 0.25) is 0 Å². The maximum atomic E-state index is 5.64. The summed E-state index contributed by atoms with van der Waals surface area (Å²) in [5.74, 6) is 0.898. The second kappa shape index (κ2) is 6.04. The van der Waals surface area contributed by atoms with E-state index in [0.29, 0.717) is 6.54 Å². The van der Waals surface area contributed by atoms with E-state index in [1.54, 1.807) is 0 Å². The van der Waals surface area contributed by atoms with E-state index in [1.807, 2.05) is 18.2 Å². The smallest absolute Gasteiger partial charge is 0.124 e. The molecule has 0 fully saturated rings. The van der Waals surface area contributed by atoms with Gasteiger partial charge in [-0.25, -0.2) is 0 Å². The van der Waals surface area contributed by atoms with Gasteiger partial charge < -0.3 is 10.5 Å². The van der Waals surface area contributed by atoms with Crippen LogP contribution in [0, 0.1) is 0 Å². The largest absolute Gasteiger partial charge is 0.493 e. The molecule has 1 rings (SSSR count). The Hall–Kier alpha value is -0.540. The number of hydrogen-bond acceptors (Lipinski definition) is 2. The summed E-state index contributed by atoms with van der Waals surface area (Å²) in [6.07, 6.45) is 2.22. The second-order valence-electron chi connectivity index (χ2n) is 3.16. The zero-order valence-corrected chi connectivity index (χ0v) is 10.0. The van der Waals surface area contributed by atoms with E-state index in [4.69, 9.17) is 10.5 Å². The van der Waals surface area contributed by atoms with E-state index in [-0.39, 0.29) is 0 Å². The van der Waals surface area contributed by atoms with Gasteiger partial charge in [0.05, 0.1) is 6.61 Å². The van der Waals surface area contributed by atoms with Crippen molar-refractivity contribution in [3.8, 4) is 5.75 Å². The molecule has 1 aromatic rings. The Morgan fingerprint density at radius 2 is 2.21 bits per heavy atom. The third-order valence-corrected chi connectivity index (χ3v) is 2.50. The van der Waals surface area contributed by atoms with Gasteiger partial charge >= 0.3 is 0 Å². The fraction of sp³-hybridized carbons (Fsp3) is 0.455. The van der Waals surface area contributed by atoms with Crippen molar-refractivity contribution in [3.05, 3.63) is 28.2 Å². The maximum Gasteiger partial charge on any atom is 0.124 e. The highest BCUT2D eigenvalue weighted by atomic mass is 79.9. The Balaban J connectivity index is 2.67. The van der Waals surface area contributed by atoms with Gasteiger partial charge in [-0.15, -0.1) is 0 Å². The van der Waals surface area contributed by atoms with Crippen LogP contribution in [0.15, 0.2) is 22.7 Å². The summed E-state index contributed by atoms with van der Waals surface area (Å²) in [4.78, 5) is 0. The van der Waals surface area contributed by atoms with E-state index in [2.05, 4.69) is 22.9 Å². The van der Waals surface area contributed by atoms with E-state index in [0.717, 1.165) is 35.2 Å². The van der Waals surface area contributed by atoms with E-state index >= 15 is 0 Å². The van der Waals surface area contributed by atoms with Crippen LogP contribution >= 0.6 is 15.9 Å². The average molecular weight is 258 g/mol. The summed E-state index contributed by atoms with van der Waals surface area (Å²) < 4.78 is 6.67. The minimum absolute atomic E-state index is 0.523. The molecule has 2 nitrogen and oxygen atoms in total. The van der Waals surface area contributed by atoms with Crippen LogP contribution in [-0.4, -0.2) is 6.61 Å². The lowest BCUT2D eigenvalue weighted by atomic mass is 10.2. The molecule has 0 spiro atoms. The molecule has 78 valence electrons. The Labute approximate surface area is 93.6 Å². The van der Waals surface area contributed by atoms with Gasteiger partial charge in [0.15, 0.2) is 0 Å². The molecule has 2 N–H and O–H groups in total. The van der Waals surface area contributed by atoms with Crippen LogP contribution in [-0.2, 0) is 6.54 Å². The maximum absolute atomic E-state index is 5.64. The fourth-order valence-corrected chi connectivity index (χ4v) is 1.50. The molecule has 3 heteroatoms. The van der Waals surface area contributed by atoms with Gasteiger partial charge in [-0.3, -0.25) is 0 Å². The minimum Gasteiger partial charge on any atom is -0.493 e. The molecule has 1 aromatic carbocycles. The normalized spacial score (nSPS) is 10.2. The molecule has 0 amide bonds. The number of unbranched alkanes of at least 4 members (excludes halogenated alkanes) is 1. The molecule has 14 heavy (non-hydrogen) atoms. The zero-order chi connectivity index (χ0) is 10.4. The third kappa shape index (κ3) is 3.31. The van der Waals surface area contributed by atoms with Crippen molar-refractivity contribution in [1.82, 2.24) is 0 Å². The van der Waals surface area contributed by atoms with Gasteiger partial charge in [0.25, 0.3) is 0 Å². The van der Waals surface area contributed by atoms with Crippen molar-refractivity contribution < 1.29 is 4.74 Å². The van der Waals surface area contributed by atoms with Crippen LogP contribution < -0.4 is 10.5 Å². The van der Waals surface area contributed by atoms with Gasteiger partial charge in [-0.2, -0.15) is 0 Å². The summed E-state index contributed by atoms with van der Waals surface area (Å²) in [5, 5.41) is 0. The van der Waals surface area contributed by atoms with Gasteiger partial charge in [0.2, 0.25) is 0 Å². The molecule has 0 bridgehead atoms. The highest BCUT2D eigenvalue weighted by Crippen LogP contribution is 2.23. The lowest BCUT2D eigenvalue weighted by Crippen LogP contribution is -2.03. The summed E-state index contributed by atoms with van der Waals surface area (Å²) in [7, 11) is 0. The van der Waals surface area contributed by atoms with Crippen molar-refractivity contribution in [2.24, 2.45) is 5.73 Å². The first kappa shape index (κ1) is 11.5. The molecule has 0 aliphatic rings. The Bertz CT molecular complexity index is 289. The third-order valence-electron chi connectivity index (χ3n) is 2.00. The van der Waals surface area contributed by atoms with Crippen LogP contribution in [0.25, 0.3) is 0 Å². The molecule has 0 atom stereocenters. The van der Waals surface area contributed by atoms with Crippen molar-refractivity contribution >= 4 is 15.9 Å². The first-order valence-electron chi connectivity index (χ1n) is 4.89.